The molecule has 0 atom stereocenters. The van der Waals surface area contributed by atoms with Crippen LogP contribution in [-0.4, -0.2) is 30.4 Å². The number of carbonyl (C=O) groups excluding carboxylic acids is 2. The molecule has 0 saturated carbocycles. The highest BCUT2D eigenvalue weighted by Gasteiger charge is 2.26. The average molecular weight is 285 g/mol. The van der Waals surface area contributed by atoms with Crippen molar-refractivity contribution in [3.8, 4) is 0 Å². The molecular formula is C15H31N3O2. The van der Waals surface area contributed by atoms with Crippen molar-refractivity contribution in [2.75, 3.05) is 13.1 Å². The summed E-state index contributed by atoms with van der Waals surface area (Å²) in [6.07, 6.45) is 2.70. The molecule has 0 radical (unpaired) electrons. The molecule has 0 aliphatic heterocycles. The van der Waals surface area contributed by atoms with Gasteiger partial charge in [-0.25, -0.2) is 0 Å². The maximum atomic E-state index is 11.9. The Morgan fingerprint density at radius 1 is 1.10 bits per heavy atom. The molecule has 0 heterocycles. The smallest absolute Gasteiger partial charge is 0.225 e. The number of hydrogen-bond acceptors (Lipinski definition) is 3. The zero-order valence-corrected chi connectivity index (χ0v) is 13.6. The van der Waals surface area contributed by atoms with Gasteiger partial charge < -0.3 is 16.4 Å². The second kappa shape index (κ2) is 8.25. The van der Waals surface area contributed by atoms with Crippen LogP contribution in [-0.2, 0) is 9.59 Å². The van der Waals surface area contributed by atoms with Crippen LogP contribution in [0.25, 0.3) is 0 Å². The summed E-state index contributed by atoms with van der Waals surface area (Å²) in [6.45, 7) is 10.6. The van der Waals surface area contributed by atoms with Crippen LogP contribution in [0.1, 0.15) is 60.3 Å². The fourth-order valence-electron chi connectivity index (χ4n) is 1.84. The number of nitrogens with one attached hydrogen (secondary N) is 2. The maximum absolute atomic E-state index is 11.9. The summed E-state index contributed by atoms with van der Waals surface area (Å²) in [6, 6.07) is 0. The van der Waals surface area contributed by atoms with Crippen LogP contribution < -0.4 is 16.4 Å². The first-order valence-electron chi connectivity index (χ1n) is 7.50. The summed E-state index contributed by atoms with van der Waals surface area (Å²) in [5.74, 6) is 0.0143. The molecule has 0 bridgehead atoms. The van der Waals surface area contributed by atoms with Crippen molar-refractivity contribution in [1.82, 2.24) is 10.6 Å². The summed E-state index contributed by atoms with van der Waals surface area (Å²) in [4.78, 5) is 23.5. The van der Waals surface area contributed by atoms with E-state index in [0.717, 1.165) is 12.8 Å². The molecule has 0 spiro atoms. The molecule has 20 heavy (non-hydrogen) atoms. The fourth-order valence-corrected chi connectivity index (χ4v) is 1.84. The molecule has 0 saturated heterocycles. The van der Waals surface area contributed by atoms with E-state index >= 15 is 0 Å². The largest absolute Gasteiger partial charge is 0.356 e. The highest BCUT2D eigenvalue weighted by molar-refractivity contribution is 5.81. The van der Waals surface area contributed by atoms with E-state index in [0.29, 0.717) is 25.9 Å². The van der Waals surface area contributed by atoms with Crippen molar-refractivity contribution in [2.24, 2.45) is 11.1 Å². The SMILES string of the molecule is CCC(CC)(CN)NC(=O)CCCNC(=O)C(C)(C)C. The number of hydrogen-bond donors (Lipinski definition) is 3. The van der Waals surface area contributed by atoms with Gasteiger partial charge in [0.25, 0.3) is 0 Å². The van der Waals surface area contributed by atoms with E-state index < -0.39 is 0 Å². The minimum atomic E-state index is -0.388. The molecule has 5 nitrogen and oxygen atoms in total. The second-order valence-electron chi connectivity index (χ2n) is 6.35. The maximum Gasteiger partial charge on any atom is 0.225 e. The highest BCUT2D eigenvalue weighted by Crippen LogP contribution is 2.14. The molecule has 0 rings (SSSR count). The van der Waals surface area contributed by atoms with E-state index in [2.05, 4.69) is 10.6 Å². The third-order valence-corrected chi connectivity index (χ3v) is 3.70. The van der Waals surface area contributed by atoms with Gasteiger partial charge in [0.05, 0.1) is 5.54 Å². The monoisotopic (exact) mass is 285 g/mol. The molecular weight excluding hydrogens is 254 g/mol. The fraction of sp³-hybridized carbons (Fsp3) is 0.867. The zero-order chi connectivity index (χ0) is 15.8. The molecule has 0 fully saturated rings. The lowest BCUT2D eigenvalue weighted by Gasteiger charge is -2.31. The van der Waals surface area contributed by atoms with Crippen LogP contribution in [0.15, 0.2) is 0 Å². The molecule has 0 aromatic rings. The van der Waals surface area contributed by atoms with E-state index in [1.165, 1.54) is 0 Å². The molecule has 118 valence electrons. The van der Waals surface area contributed by atoms with Crippen LogP contribution in [0.4, 0.5) is 0 Å². The Balaban J connectivity index is 4.04. The van der Waals surface area contributed by atoms with Crippen LogP contribution in [0, 0.1) is 5.41 Å². The van der Waals surface area contributed by atoms with E-state index in [-0.39, 0.29) is 22.8 Å². The predicted molar refractivity (Wildman–Crippen MR) is 82.2 cm³/mol. The molecule has 2 amide bonds. The van der Waals surface area contributed by atoms with Gasteiger partial charge in [0.15, 0.2) is 0 Å². The van der Waals surface area contributed by atoms with E-state index in [1.54, 1.807) is 0 Å². The normalized spacial score (nSPS) is 12.1. The van der Waals surface area contributed by atoms with Crippen LogP contribution in [0.2, 0.25) is 0 Å². The van der Waals surface area contributed by atoms with E-state index in [4.69, 9.17) is 5.73 Å². The van der Waals surface area contributed by atoms with Gasteiger partial charge in [-0.3, -0.25) is 9.59 Å². The topological polar surface area (TPSA) is 84.2 Å². The van der Waals surface area contributed by atoms with Crippen LogP contribution >= 0.6 is 0 Å². The first-order valence-corrected chi connectivity index (χ1v) is 7.50. The van der Waals surface area contributed by atoms with Gasteiger partial charge >= 0.3 is 0 Å². The Morgan fingerprint density at radius 3 is 2.05 bits per heavy atom. The summed E-state index contributed by atoms with van der Waals surface area (Å²) < 4.78 is 0. The quantitative estimate of drug-likeness (QED) is 0.592. The molecule has 0 unspecified atom stereocenters. The van der Waals surface area contributed by atoms with Gasteiger partial charge in [0.1, 0.15) is 0 Å². The van der Waals surface area contributed by atoms with Crippen molar-refractivity contribution in [3.05, 3.63) is 0 Å². The van der Waals surface area contributed by atoms with Crippen molar-refractivity contribution in [2.45, 2.75) is 65.8 Å². The third-order valence-electron chi connectivity index (χ3n) is 3.70. The van der Waals surface area contributed by atoms with Gasteiger partial charge in [0.2, 0.25) is 11.8 Å². The molecule has 0 aliphatic carbocycles. The van der Waals surface area contributed by atoms with E-state index in [9.17, 15) is 9.59 Å². The summed E-state index contributed by atoms with van der Waals surface area (Å²) in [7, 11) is 0. The average Bonchev–Trinajstić information content (AvgIpc) is 2.39. The number of carbonyl (C=O) groups is 2. The molecule has 5 heteroatoms. The second-order valence-corrected chi connectivity index (χ2v) is 6.35. The van der Waals surface area contributed by atoms with Crippen molar-refractivity contribution >= 4 is 11.8 Å². The molecule has 0 aromatic carbocycles. The molecule has 0 aliphatic rings. The van der Waals surface area contributed by atoms with Crippen molar-refractivity contribution in [1.29, 1.82) is 0 Å². The zero-order valence-electron chi connectivity index (χ0n) is 13.6. The van der Waals surface area contributed by atoms with Gasteiger partial charge in [-0.05, 0) is 19.3 Å². The Bertz CT molecular complexity index is 309. The van der Waals surface area contributed by atoms with Gasteiger partial charge in [-0.15, -0.1) is 0 Å². The van der Waals surface area contributed by atoms with Crippen molar-refractivity contribution in [3.63, 3.8) is 0 Å². The minimum absolute atomic E-state index is 0.00385. The van der Waals surface area contributed by atoms with E-state index in [1.807, 2.05) is 34.6 Å². The van der Waals surface area contributed by atoms with Crippen molar-refractivity contribution < 1.29 is 9.59 Å². The third kappa shape index (κ3) is 6.37. The minimum Gasteiger partial charge on any atom is -0.356 e. The standard InChI is InChI=1S/C15H31N3O2/c1-6-15(7-2,11-16)18-12(19)9-8-10-17-13(20)14(3,4)5/h6-11,16H2,1-5H3,(H,17,20)(H,18,19). The van der Waals surface area contributed by atoms with Crippen LogP contribution in [0.5, 0.6) is 0 Å². The van der Waals surface area contributed by atoms with Gasteiger partial charge in [-0.2, -0.15) is 0 Å². The number of nitrogens with two attached hydrogens (primary N) is 1. The summed E-state index contributed by atoms with van der Waals surface area (Å²) in [5, 5.41) is 5.86. The lowest BCUT2D eigenvalue weighted by molar-refractivity contribution is -0.129. The first-order chi connectivity index (χ1) is 9.20. The lowest BCUT2D eigenvalue weighted by Crippen LogP contribution is -2.52. The first kappa shape index (κ1) is 18.9. The highest BCUT2D eigenvalue weighted by atomic mass is 16.2. The lowest BCUT2D eigenvalue weighted by atomic mass is 9.92. The Hall–Kier alpha value is -1.10. The Morgan fingerprint density at radius 2 is 1.65 bits per heavy atom. The van der Waals surface area contributed by atoms with Gasteiger partial charge in [-0.1, -0.05) is 34.6 Å². The molecule has 4 N–H and O–H groups in total. The Kier molecular flexibility index (Phi) is 7.79. The van der Waals surface area contributed by atoms with Crippen LogP contribution in [0.3, 0.4) is 0 Å². The summed E-state index contributed by atoms with van der Waals surface area (Å²) in [5.41, 5.74) is 5.07. The summed E-state index contributed by atoms with van der Waals surface area (Å²) >= 11 is 0. The van der Waals surface area contributed by atoms with Gasteiger partial charge in [0, 0.05) is 24.9 Å². The molecule has 0 aromatic heterocycles. The number of rotatable bonds is 8. The predicted octanol–water partition coefficient (Wildman–Crippen LogP) is 1.56. The number of amides is 2. The Labute approximate surface area is 123 Å².